The third-order valence-electron chi connectivity index (χ3n) is 3.75. The van der Waals surface area contributed by atoms with Crippen molar-refractivity contribution in [2.45, 2.75) is 6.18 Å². The van der Waals surface area contributed by atoms with Crippen molar-refractivity contribution in [3.63, 3.8) is 0 Å². The maximum atomic E-state index is 13.8. The third-order valence-corrected chi connectivity index (χ3v) is 5.79. The molecule has 0 atom stereocenters. The molecule has 0 radical (unpaired) electrons. The number of alkyl halides is 3. The van der Waals surface area contributed by atoms with E-state index in [1.807, 2.05) is 0 Å². The van der Waals surface area contributed by atoms with Gasteiger partial charge in [-0.2, -0.15) is 13.2 Å². The first-order chi connectivity index (χ1) is 13.0. The van der Waals surface area contributed by atoms with Crippen LogP contribution in [0.2, 0.25) is 30.1 Å². The summed E-state index contributed by atoms with van der Waals surface area (Å²) in [6.45, 7) is 0. The fraction of sp³-hybridized carbons (Fsp3) is 0.0556. The van der Waals surface area contributed by atoms with Gasteiger partial charge in [-0.05, 0) is 30.3 Å². The highest BCUT2D eigenvalue weighted by Gasteiger charge is 2.36. The van der Waals surface area contributed by atoms with Gasteiger partial charge in [-0.15, -0.1) is 0 Å². The van der Waals surface area contributed by atoms with Crippen LogP contribution in [0.15, 0.2) is 36.5 Å². The Labute approximate surface area is 187 Å². The number of pyridine rings is 1. The molecular weight excluding hydrogens is 500 g/mol. The standard InChI is InChI=1S/C18H6Cl6F3N/c19-8-2-10(15(23)13(21)4-8)7-1-12(18(25,26)27)17(28-6-7)11-3-9(20)5-14(22)16(11)24/h1-6H. The zero-order chi connectivity index (χ0) is 20.8. The van der Waals surface area contributed by atoms with Crippen molar-refractivity contribution in [3.05, 3.63) is 72.2 Å². The Morgan fingerprint density at radius 2 is 1.18 bits per heavy atom. The maximum absolute atomic E-state index is 13.8. The van der Waals surface area contributed by atoms with Crippen LogP contribution in [-0.2, 0) is 6.18 Å². The molecular formula is C18H6Cl6F3N. The van der Waals surface area contributed by atoms with Crippen LogP contribution < -0.4 is 0 Å². The number of aromatic nitrogens is 1. The summed E-state index contributed by atoms with van der Waals surface area (Å²) in [5, 5.41) is 0.400. The summed E-state index contributed by atoms with van der Waals surface area (Å²) < 4.78 is 41.4. The predicted octanol–water partition coefficient (Wildman–Crippen LogP) is 9.35. The molecule has 0 N–H and O–H groups in total. The van der Waals surface area contributed by atoms with Crippen LogP contribution in [0.1, 0.15) is 5.56 Å². The number of halogens is 9. The molecule has 0 fully saturated rings. The SMILES string of the molecule is FC(F)(F)c1cc(-c2cc(Cl)cc(Cl)c2Cl)cnc1-c1cc(Cl)cc(Cl)c1Cl. The lowest BCUT2D eigenvalue weighted by molar-refractivity contribution is -0.137. The first-order valence-corrected chi connectivity index (χ1v) is 9.63. The highest BCUT2D eigenvalue weighted by Crippen LogP contribution is 2.44. The van der Waals surface area contributed by atoms with Crippen molar-refractivity contribution in [1.82, 2.24) is 4.98 Å². The van der Waals surface area contributed by atoms with E-state index in [4.69, 9.17) is 69.6 Å². The normalized spacial score (nSPS) is 11.8. The monoisotopic (exact) mass is 503 g/mol. The molecule has 0 unspecified atom stereocenters. The van der Waals surface area contributed by atoms with Gasteiger partial charge in [-0.25, -0.2) is 0 Å². The van der Waals surface area contributed by atoms with Gasteiger partial charge in [0.05, 0.1) is 31.3 Å². The van der Waals surface area contributed by atoms with E-state index in [1.54, 1.807) is 0 Å². The Balaban J connectivity index is 2.30. The Morgan fingerprint density at radius 1 is 0.679 bits per heavy atom. The van der Waals surface area contributed by atoms with Crippen molar-refractivity contribution >= 4 is 69.6 Å². The Kier molecular flexibility index (Phi) is 6.31. The first kappa shape index (κ1) is 21.8. The largest absolute Gasteiger partial charge is 0.418 e. The minimum absolute atomic E-state index is 0.00725. The highest BCUT2D eigenvalue weighted by atomic mass is 35.5. The molecule has 0 saturated heterocycles. The van der Waals surface area contributed by atoms with E-state index in [0.29, 0.717) is 0 Å². The van der Waals surface area contributed by atoms with Gasteiger partial charge in [0.2, 0.25) is 0 Å². The van der Waals surface area contributed by atoms with E-state index in [2.05, 4.69) is 4.98 Å². The lowest BCUT2D eigenvalue weighted by Gasteiger charge is -2.16. The van der Waals surface area contributed by atoms with E-state index >= 15 is 0 Å². The smallest absolute Gasteiger partial charge is 0.255 e. The molecule has 0 aliphatic carbocycles. The number of hydrogen-bond acceptors (Lipinski definition) is 1. The molecule has 2 aromatic carbocycles. The minimum atomic E-state index is -4.74. The number of nitrogens with zero attached hydrogens (tertiary/aromatic N) is 1. The number of rotatable bonds is 2. The Hall–Kier alpha value is -0.880. The van der Waals surface area contributed by atoms with E-state index in [9.17, 15) is 13.2 Å². The average Bonchev–Trinajstić information content (AvgIpc) is 2.60. The molecule has 3 rings (SSSR count). The van der Waals surface area contributed by atoms with Crippen molar-refractivity contribution in [3.8, 4) is 22.4 Å². The van der Waals surface area contributed by atoms with Crippen LogP contribution in [0.5, 0.6) is 0 Å². The zero-order valence-electron chi connectivity index (χ0n) is 13.3. The zero-order valence-corrected chi connectivity index (χ0v) is 17.8. The van der Waals surface area contributed by atoms with E-state index in [1.165, 1.54) is 30.5 Å². The molecule has 0 amide bonds. The second kappa shape index (κ2) is 8.10. The molecule has 0 aliphatic rings. The summed E-state index contributed by atoms with van der Waals surface area (Å²) in [6.07, 6.45) is -3.53. The van der Waals surface area contributed by atoms with E-state index in [-0.39, 0.29) is 46.8 Å². The van der Waals surface area contributed by atoms with Crippen LogP contribution in [0.4, 0.5) is 13.2 Å². The summed E-state index contributed by atoms with van der Waals surface area (Å²) in [5.74, 6) is 0. The summed E-state index contributed by atoms with van der Waals surface area (Å²) >= 11 is 36.0. The highest BCUT2D eigenvalue weighted by molar-refractivity contribution is 6.45. The minimum Gasteiger partial charge on any atom is -0.255 e. The summed E-state index contributed by atoms with van der Waals surface area (Å²) in [7, 11) is 0. The molecule has 3 aromatic rings. The quantitative estimate of drug-likeness (QED) is 0.316. The second-order valence-electron chi connectivity index (χ2n) is 5.62. The molecule has 0 spiro atoms. The molecule has 1 nitrogen and oxygen atoms in total. The van der Waals surface area contributed by atoms with E-state index in [0.717, 1.165) is 6.07 Å². The number of hydrogen-bond donors (Lipinski definition) is 0. The van der Waals surface area contributed by atoms with Gasteiger partial charge < -0.3 is 0 Å². The molecule has 0 saturated carbocycles. The third kappa shape index (κ3) is 4.33. The lowest BCUT2D eigenvalue weighted by Crippen LogP contribution is -2.09. The summed E-state index contributed by atoms with van der Waals surface area (Å²) in [5.41, 5.74) is -1.23. The predicted molar refractivity (Wildman–Crippen MR) is 110 cm³/mol. The molecule has 28 heavy (non-hydrogen) atoms. The van der Waals surface area contributed by atoms with Crippen LogP contribution in [0.25, 0.3) is 22.4 Å². The molecule has 1 heterocycles. The van der Waals surface area contributed by atoms with Crippen molar-refractivity contribution in [2.24, 2.45) is 0 Å². The fourth-order valence-electron chi connectivity index (χ4n) is 2.54. The molecule has 1 aromatic heterocycles. The first-order valence-electron chi connectivity index (χ1n) is 7.36. The fourth-order valence-corrected chi connectivity index (χ4v) is 3.94. The molecule has 146 valence electrons. The van der Waals surface area contributed by atoms with Gasteiger partial charge >= 0.3 is 6.18 Å². The van der Waals surface area contributed by atoms with Gasteiger partial charge in [0.15, 0.2) is 0 Å². The van der Waals surface area contributed by atoms with E-state index < -0.39 is 17.4 Å². The van der Waals surface area contributed by atoms with Gasteiger partial charge in [-0.1, -0.05) is 69.6 Å². The molecule has 0 aliphatic heterocycles. The van der Waals surface area contributed by atoms with Gasteiger partial charge in [-0.3, -0.25) is 4.98 Å². The lowest BCUT2D eigenvalue weighted by atomic mass is 10.00. The van der Waals surface area contributed by atoms with Crippen molar-refractivity contribution in [1.29, 1.82) is 0 Å². The Morgan fingerprint density at radius 3 is 1.71 bits per heavy atom. The summed E-state index contributed by atoms with van der Waals surface area (Å²) in [4.78, 5) is 3.97. The van der Waals surface area contributed by atoms with Crippen molar-refractivity contribution < 1.29 is 13.2 Å². The van der Waals surface area contributed by atoms with Crippen LogP contribution in [0, 0.1) is 0 Å². The van der Waals surface area contributed by atoms with Gasteiger partial charge in [0.25, 0.3) is 0 Å². The Bertz CT molecular complexity index is 1080. The van der Waals surface area contributed by atoms with Crippen LogP contribution in [-0.4, -0.2) is 4.98 Å². The van der Waals surface area contributed by atoms with Crippen molar-refractivity contribution in [2.75, 3.05) is 0 Å². The maximum Gasteiger partial charge on any atom is 0.418 e. The summed E-state index contributed by atoms with van der Waals surface area (Å²) in [6, 6.07) is 6.26. The van der Waals surface area contributed by atoms with Gasteiger partial charge in [0.1, 0.15) is 0 Å². The molecule has 0 bridgehead atoms. The van der Waals surface area contributed by atoms with Gasteiger partial charge in [0, 0.05) is 32.9 Å². The van der Waals surface area contributed by atoms with Crippen LogP contribution >= 0.6 is 69.6 Å². The topological polar surface area (TPSA) is 12.9 Å². The molecule has 10 heteroatoms. The van der Waals surface area contributed by atoms with Crippen LogP contribution in [0.3, 0.4) is 0 Å². The number of benzene rings is 2. The average molecular weight is 506 g/mol. The second-order valence-corrected chi connectivity index (χ2v) is 8.06.